The number of carbonyl (C=O) groups excluding carboxylic acids is 1. The molecule has 5 heteroatoms. The normalized spacial score (nSPS) is 16.8. The lowest BCUT2D eigenvalue weighted by Gasteiger charge is -2.12. The lowest BCUT2D eigenvalue weighted by atomic mass is 10.1. The van der Waals surface area contributed by atoms with Crippen LogP contribution in [0.25, 0.3) is 23.1 Å². The molecule has 2 N–H and O–H groups in total. The first-order valence-corrected chi connectivity index (χ1v) is 8.99. The summed E-state index contributed by atoms with van der Waals surface area (Å²) in [6, 6.07) is 16.7. The predicted octanol–water partition coefficient (Wildman–Crippen LogP) is 4.23. The highest BCUT2D eigenvalue weighted by Crippen LogP contribution is 2.24. The molecule has 0 radical (unpaired) electrons. The van der Waals surface area contributed by atoms with Gasteiger partial charge in [0.1, 0.15) is 17.4 Å². The largest absolute Gasteiger partial charge is 0.506 e. The van der Waals surface area contributed by atoms with Gasteiger partial charge in [0.05, 0.1) is 5.69 Å². The van der Waals surface area contributed by atoms with Crippen molar-refractivity contribution in [2.24, 2.45) is 0 Å². The number of pyridine rings is 1. The van der Waals surface area contributed by atoms with Crippen molar-refractivity contribution in [1.82, 2.24) is 4.98 Å². The summed E-state index contributed by atoms with van der Waals surface area (Å²) >= 11 is 0. The Kier molecular flexibility index (Phi) is 4.85. The van der Waals surface area contributed by atoms with Gasteiger partial charge >= 0.3 is 0 Å². The molecule has 1 aliphatic heterocycles. The van der Waals surface area contributed by atoms with Crippen LogP contribution < -0.4 is 5.32 Å². The molecular weight excluding hydrogens is 340 g/mol. The van der Waals surface area contributed by atoms with Gasteiger partial charge in [-0.15, -0.1) is 0 Å². The molecule has 1 amide bonds. The molecule has 1 saturated heterocycles. The second-order valence-electron chi connectivity index (χ2n) is 6.50. The Morgan fingerprint density at radius 1 is 1.11 bits per heavy atom. The number of ether oxygens (including phenoxy) is 1. The Balaban J connectivity index is 1.57. The zero-order chi connectivity index (χ0) is 18.6. The lowest BCUT2D eigenvalue weighted by molar-refractivity contribution is -0.124. The summed E-state index contributed by atoms with van der Waals surface area (Å²) < 4.78 is 5.44. The Hall–Kier alpha value is -3.18. The molecule has 5 nitrogen and oxygen atoms in total. The van der Waals surface area contributed by atoms with E-state index in [1.54, 1.807) is 12.1 Å². The van der Waals surface area contributed by atoms with E-state index in [4.69, 9.17) is 4.74 Å². The first kappa shape index (κ1) is 17.2. The summed E-state index contributed by atoms with van der Waals surface area (Å²) in [7, 11) is 0. The number of benzene rings is 2. The Labute approximate surface area is 157 Å². The van der Waals surface area contributed by atoms with Gasteiger partial charge in [0, 0.05) is 17.7 Å². The van der Waals surface area contributed by atoms with E-state index in [9.17, 15) is 9.90 Å². The number of phenolic OH excluding ortho intramolecular Hbond substituents is 1. The molecule has 27 heavy (non-hydrogen) atoms. The Morgan fingerprint density at radius 3 is 2.85 bits per heavy atom. The van der Waals surface area contributed by atoms with E-state index in [-0.39, 0.29) is 17.8 Å². The first-order valence-electron chi connectivity index (χ1n) is 8.99. The average molecular weight is 360 g/mol. The van der Waals surface area contributed by atoms with Gasteiger partial charge in [-0.05, 0) is 42.7 Å². The molecule has 0 bridgehead atoms. The minimum atomic E-state index is -0.368. The van der Waals surface area contributed by atoms with Crippen molar-refractivity contribution >= 4 is 34.6 Å². The van der Waals surface area contributed by atoms with Crippen LogP contribution in [0.5, 0.6) is 5.75 Å². The van der Waals surface area contributed by atoms with Crippen molar-refractivity contribution in [2.45, 2.75) is 18.9 Å². The summed E-state index contributed by atoms with van der Waals surface area (Å²) in [5, 5.41) is 13.8. The third-order valence-corrected chi connectivity index (χ3v) is 4.59. The minimum Gasteiger partial charge on any atom is -0.506 e. The van der Waals surface area contributed by atoms with Crippen LogP contribution in [-0.2, 0) is 9.53 Å². The lowest BCUT2D eigenvalue weighted by Crippen LogP contribution is -2.27. The number of phenols is 1. The fourth-order valence-corrected chi connectivity index (χ4v) is 3.17. The maximum Gasteiger partial charge on any atom is 0.253 e. The number of aromatic nitrogens is 1. The zero-order valence-electron chi connectivity index (χ0n) is 14.8. The monoisotopic (exact) mass is 360 g/mol. The molecule has 2 heterocycles. The van der Waals surface area contributed by atoms with Crippen molar-refractivity contribution in [3.63, 3.8) is 0 Å². The fraction of sp³-hybridized carbons (Fsp3) is 0.182. The van der Waals surface area contributed by atoms with E-state index >= 15 is 0 Å². The number of anilines is 1. The van der Waals surface area contributed by atoms with Gasteiger partial charge in [0.15, 0.2) is 0 Å². The number of carbonyl (C=O) groups is 1. The van der Waals surface area contributed by atoms with Crippen LogP contribution in [0.2, 0.25) is 0 Å². The highest BCUT2D eigenvalue weighted by Gasteiger charge is 2.23. The second-order valence-corrected chi connectivity index (χ2v) is 6.50. The van der Waals surface area contributed by atoms with Crippen LogP contribution in [0.1, 0.15) is 24.1 Å². The van der Waals surface area contributed by atoms with Gasteiger partial charge in [-0.3, -0.25) is 4.79 Å². The highest BCUT2D eigenvalue weighted by molar-refractivity contribution is 5.96. The van der Waals surface area contributed by atoms with Crippen LogP contribution in [-0.4, -0.2) is 28.7 Å². The van der Waals surface area contributed by atoms with Crippen LogP contribution in [0.4, 0.5) is 5.69 Å². The minimum absolute atomic E-state index is 0.109. The molecular formula is C22H20N2O3. The molecule has 1 fully saturated rings. The predicted molar refractivity (Wildman–Crippen MR) is 106 cm³/mol. The third kappa shape index (κ3) is 3.83. The zero-order valence-corrected chi connectivity index (χ0v) is 14.8. The van der Waals surface area contributed by atoms with Gasteiger partial charge < -0.3 is 15.2 Å². The maximum atomic E-state index is 12.3. The van der Waals surface area contributed by atoms with Crippen molar-refractivity contribution in [3.05, 3.63) is 65.9 Å². The quantitative estimate of drug-likeness (QED) is 0.730. The smallest absolute Gasteiger partial charge is 0.253 e. The van der Waals surface area contributed by atoms with Gasteiger partial charge in [-0.25, -0.2) is 4.98 Å². The number of nitrogens with one attached hydrogen (secondary N) is 1. The molecule has 136 valence electrons. The first-order chi connectivity index (χ1) is 13.2. The van der Waals surface area contributed by atoms with Crippen molar-refractivity contribution in [1.29, 1.82) is 0 Å². The molecule has 0 aliphatic carbocycles. The van der Waals surface area contributed by atoms with Crippen molar-refractivity contribution < 1.29 is 14.6 Å². The number of hydrogen-bond donors (Lipinski definition) is 2. The van der Waals surface area contributed by atoms with Crippen molar-refractivity contribution in [3.8, 4) is 5.75 Å². The molecule has 0 saturated carbocycles. The van der Waals surface area contributed by atoms with Crippen LogP contribution in [0.3, 0.4) is 0 Å². The average Bonchev–Trinajstić information content (AvgIpc) is 3.23. The molecule has 1 aliphatic rings. The van der Waals surface area contributed by atoms with Crippen LogP contribution in [0.15, 0.2) is 54.6 Å². The summed E-state index contributed by atoms with van der Waals surface area (Å²) in [6.45, 7) is 0.639. The molecule has 1 aromatic heterocycles. The number of para-hydroxylation sites is 2. The summed E-state index contributed by atoms with van der Waals surface area (Å²) in [5.41, 5.74) is 2.91. The fourth-order valence-electron chi connectivity index (χ4n) is 3.17. The van der Waals surface area contributed by atoms with Crippen molar-refractivity contribution in [2.75, 3.05) is 11.9 Å². The van der Waals surface area contributed by atoms with E-state index < -0.39 is 0 Å². The van der Waals surface area contributed by atoms with Crippen LogP contribution >= 0.6 is 0 Å². The summed E-state index contributed by atoms with van der Waals surface area (Å²) in [4.78, 5) is 16.8. The van der Waals surface area contributed by atoms with Gasteiger partial charge in [0.2, 0.25) is 0 Å². The van der Waals surface area contributed by atoms with Gasteiger partial charge in [0.25, 0.3) is 5.91 Å². The second kappa shape index (κ2) is 7.60. The number of aromatic hydroxyl groups is 1. The van der Waals surface area contributed by atoms with E-state index in [1.165, 1.54) is 0 Å². The van der Waals surface area contributed by atoms with E-state index in [0.717, 1.165) is 35.2 Å². The molecule has 3 aromatic rings. The molecule has 2 aromatic carbocycles. The molecule has 0 spiro atoms. The van der Waals surface area contributed by atoms with E-state index in [1.807, 2.05) is 54.6 Å². The van der Waals surface area contributed by atoms with Gasteiger partial charge in [-0.2, -0.15) is 0 Å². The number of hydrogen-bond acceptors (Lipinski definition) is 4. The van der Waals surface area contributed by atoms with Crippen LogP contribution in [0, 0.1) is 0 Å². The van der Waals surface area contributed by atoms with E-state index in [2.05, 4.69) is 10.3 Å². The standard InChI is InChI=1S/C22H20N2O3/c25-19-8-3-6-16-11-13-17(23-21(16)19)12-10-15-5-1-2-7-18(15)24-22(26)20-9-4-14-27-20/h1-3,5-8,10-13,20,25H,4,9,14H2,(H,24,26)/b12-10+. The molecule has 1 unspecified atom stereocenters. The summed E-state index contributed by atoms with van der Waals surface area (Å²) in [6.07, 6.45) is 5.07. The Bertz CT molecular complexity index is 1010. The Morgan fingerprint density at radius 2 is 2.00 bits per heavy atom. The number of nitrogens with zero attached hydrogens (tertiary/aromatic N) is 1. The highest BCUT2D eigenvalue weighted by atomic mass is 16.5. The molecule has 4 rings (SSSR count). The topological polar surface area (TPSA) is 71.5 Å². The summed E-state index contributed by atoms with van der Waals surface area (Å²) in [5.74, 6) is 0.0501. The number of amides is 1. The number of fused-ring (bicyclic) bond motifs is 1. The number of rotatable bonds is 4. The molecule has 1 atom stereocenters. The maximum absolute atomic E-state index is 12.3. The third-order valence-electron chi connectivity index (χ3n) is 4.59. The SMILES string of the molecule is O=C(Nc1ccccc1/C=C/c1ccc2cccc(O)c2n1)C1CCCO1. The van der Waals surface area contributed by atoms with E-state index in [0.29, 0.717) is 12.1 Å². The van der Waals surface area contributed by atoms with Gasteiger partial charge in [-0.1, -0.05) is 42.5 Å².